The standard InChI is InChI=1S/C10H8BrN3O2/c1-6-2-3-7(4-8(6)11)14-5-9(10(15)16)12-13-14/h2-5H,1H3,(H,15,16). The van der Waals surface area contributed by atoms with E-state index in [4.69, 9.17) is 5.11 Å². The van der Waals surface area contributed by atoms with E-state index >= 15 is 0 Å². The van der Waals surface area contributed by atoms with Crippen LogP contribution in [0.1, 0.15) is 16.1 Å². The first-order valence-electron chi connectivity index (χ1n) is 4.50. The maximum atomic E-state index is 10.6. The summed E-state index contributed by atoms with van der Waals surface area (Å²) >= 11 is 3.40. The van der Waals surface area contributed by atoms with Crippen LogP contribution in [0.25, 0.3) is 5.69 Å². The number of rotatable bonds is 2. The topological polar surface area (TPSA) is 68.0 Å². The van der Waals surface area contributed by atoms with Gasteiger partial charge >= 0.3 is 5.97 Å². The van der Waals surface area contributed by atoms with Gasteiger partial charge in [0.05, 0.1) is 11.9 Å². The molecule has 0 spiro atoms. The molecule has 0 amide bonds. The van der Waals surface area contributed by atoms with Crippen LogP contribution in [-0.4, -0.2) is 26.1 Å². The molecule has 0 bridgehead atoms. The summed E-state index contributed by atoms with van der Waals surface area (Å²) in [6.07, 6.45) is 1.37. The summed E-state index contributed by atoms with van der Waals surface area (Å²) in [7, 11) is 0. The van der Waals surface area contributed by atoms with Crippen LogP contribution < -0.4 is 0 Å². The van der Waals surface area contributed by atoms with E-state index in [0.717, 1.165) is 15.7 Å². The maximum Gasteiger partial charge on any atom is 0.358 e. The molecule has 1 aromatic carbocycles. The van der Waals surface area contributed by atoms with Crippen LogP contribution in [0.15, 0.2) is 28.9 Å². The first-order valence-corrected chi connectivity index (χ1v) is 5.29. The Labute approximate surface area is 99.8 Å². The molecule has 0 saturated carbocycles. The average Bonchev–Trinajstić information content (AvgIpc) is 2.71. The number of carboxylic acids is 1. The average molecular weight is 282 g/mol. The fourth-order valence-corrected chi connectivity index (χ4v) is 1.58. The molecule has 0 saturated heterocycles. The molecule has 16 heavy (non-hydrogen) atoms. The SMILES string of the molecule is Cc1ccc(-n2cc(C(=O)O)nn2)cc1Br. The minimum Gasteiger partial charge on any atom is -0.476 e. The third-order valence-corrected chi connectivity index (χ3v) is 2.99. The van der Waals surface area contributed by atoms with Crippen molar-refractivity contribution in [2.24, 2.45) is 0 Å². The number of hydrogen-bond donors (Lipinski definition) is 1. The van der Waals surface area contributed by atoms with Gasteiger partial charge in [-0.05, 0) is 24.6 Å². The minimum absolute atomic E-state index is 0.0725. The van der Waals surface area contributed by atoms with Gasteiger partial charge in [-0.1, -0.05) is 27.2 Å². The summed E-state index contributed by atoms with van der Waals surface area (Å²) < 4.78 is 2.37. The highest BCUT2D eigenvalue weighted by Gasteiger charge is 2.09. The number of aromatic nitrogens is 3. The van der Waals surface area contributed by atoms with E-state index in [2.05, 4.69) is 26.2 Å². The van der Waals surface area contributed by atoms with Crippen molar-refractivity contribution in [2.75, 3.05) is 0 Å². The summed E-state index contributed by atoms with van der Waals surface area (Å²) in [5.74, 6) is -1.09. The van der Waals surface area contributed by atoms with Crippen molar-refractivity contribution in [1.29, 1.82) is 0 Å². The van der Waals surface area contributed by atoms with Gasteiger partial charge in [0.25, 0.3) is 0 Å². The molecule has 1 N–H and O–H groups in total. The number of halogens is 1. The van der Waals surface area contributed by atoms with Crippen LogP contribution in [0.3, 0.4) is 0 Å². The lowest BCUT2D eigenvalue weighted by Gasteiger charge is -2.02. The number of nitrogens with zero attached hydrogens (tertiary/aromatic N) is 3. The molecule has 1 aromatic heterocycles. The van der Waals surface area contributed by atoms with Gasteiger partial charge in [0, 0.05) is 4.47 Å². The number of carbonyl (C=O) groups is 1. The smallest absolute Gasteiger partial charge is 0.358 e. The van der Waals surface area contributed by atoms with E-state index in [1.165, 1.54) is 10.9 Å². The Hall–Kier alpha value is -1.69. The van der Waals surface area contributed by atoms with Crippen LogP contribution in [0, 0.1) is 6.92 Å². The van der Waals surface area contributed by atoms with Gasteiger partial charge in [0.2, 0.25) is 0 Å². The zero-order chi connectivity index (χ0) is 11.7. The molecule has 0 fully saturated rings. The molecule has 0 aliphatic carbocycles. The maximum absolute atomic E-state index is 10.6. The number of benzene rings is 1. The Morgan fingerprint density at radius 3 is 2.81 bits per heavy atom. The van der Waals surface area contributed by atoms with Crippen LogP contribution >= 0.6 is 15.9 Å². The molecular formula is C10H8BrN3O2. The van der Waals surface area contributed by atoms with Gasteiger partial charge in [-0.25, -0.2) is 9.48 Å². The second-order valence-corrected chi connectivity index (χ2v) is 4.14. The molecular weight excluding hydrogens is 274 g/mol. The molecule has 1 heterocycles. The third kappa shape index (κ3) is 1.96. The van der Waals surface area contributed by atoms with Crippen molar-refractivity contribution < 1.29 is 9.90 Å². The summed E-state index contributed by atoms with van der Waals surface area (Å²) in [5, 5.41) is 16.0. The van der Waals surface area contributed by atoms with Crippen molar-refractivity contribution >= 4 is 21.9 Å². The molecule has 0 unspecified atom stereocenters. The molecule has 2 rings (SSSR count). The molecule has 2 aromatic rings. The highest BCUT2D eigenvalue weighted by Crippen LogP contribution is 2.19. The summed E-state index contributed by atoms with van der Waals surface area (Å²) in [5.41, 5.74) is 1.79. The summed E-state index contributed by atoms with van der Waals surface area (Å²) in [6.45, 7) is 1.97. The highest BCUT2D eigenvalue weighted by molar-refractivity contribution is 9.10. The van der Waals surface area contributed by atoms with Crippen molar-refractivity contribution in [3.05, 3.63) is 40.1 Å². The van der Waals surface area contributed by atoms with Crippen LogP contribution in [0.4, 0.5) is 0 Å². The third-order valence-electron chi connectivity index (χ3n) is 2.13. The van der Waals surface area contributed by atoms with Crippen molar-refractivity contribution in [1.82, 2.24) is 15.0 Å². The Morgan fingerprint density at radius 2 is 2.25 bits per heavy atom. The van der Waals surface area contributed by atoms with Crippen molar-refractivity contribution in [3.8, 4) is 5.69 Å². The minimum atomic E-state index is -1.09. The first-order chi connectivity index (χ1) is 7.58. The Morgan fingerprint density at radius 1 is 1.50 bits per heavy atom. The molecule has 5 nitrogen and oxygen atoms in total. The van der Waals surface area contributed by atoms with E-state index in [1.54, 1.807) is 0 Å². The largest absolute Gasteiger partial charge is 0.476 e. The van der Waals surface area contributed by atoms with Gasteiger partial charge in [-0.2, -0.15) is 0 Å². The van der Waals surface area contributed by atoms with Gasteiger partial charge < -0.3 is 5.11 Å². The lowest BCUT2D eigenvalue weighted by Crippen LogP contribution is -1.96. The van der Waals surface area contributed by atoms with E-state index in [-0.39, 0.29) is 5.69 Å². The summed E-state index contributed by atoms with van der Waals surface area (Å²) in [6, 6.07) is 5.62. The molecule has 0 radical (unpaired) electrons. The lowest BCUT2D eigenvalue weighted by atomic mass is 10.2. The normalized spacial score (nSPS) is 10.4. The van der Waals surface area contributed by atoms with Gasteiger partial charge in [-0.15, -0.1) is 5.10 Å². The Kier molecular flexibility index (Phi) is 2.74. The number of aryl methyl sites for hydroxylation is 1. The van der Waals surface area contributed by atoms with Gasteiger partial charge in [0.1, 0.15) is 0 Å². The molecule has 0 atom stereocenters. The van der Waals surface area contributed by atoms with E-state index < -0.39 is 5.97 Å². The van der Waals surface area contributed by atoms with Crippen molar-refractivity contribution in [2.45, 2.75) is 6.92 Å². The van der Waals surface area contributed by atoms with Crippen molar-refractivity contribution in [3.63, 3.8) is 0 Å². The van der Waals surface area contributed by atoms with Crippen LogP contribution in [-0.2, 0) is 0 Å². The predicted octanol–water partition coefficient (Wildman–Crippen LogP) is 2.04. The Bertz CT molecular complexity index is 551. The first kappa shape index (κ1) is 10.8. The lowest BCUT2D eigenvalue weighted by molar-refractivity contribution is 0.0690. The Balaban J connectivity index is 2.42. The summed E-state index contributed by atoms with van der Waals surface area (Å²) in [4.78, 5) is 10.6. The van der Waals surface area contributed by atoms with E-state index in [9.17, 15) is 4.79 Å². The fraction of sp³-hybridized carbons (Fsp3) is 0.100. The zero-order valence-corrected chi connectivity index (χ0v) is 9.97. The number of aromatic carboxylic acids is 1. The monoisotopic (exact) mass is 281 g/mol. The van der Waals surface area contributed by atoms with Gasteiger partial charge in [0.15, 0.2) is 5.69 Å². The quantitative estimate of drug-likeness (QED) is 0.915. The van der Waals surface area contributed by atoms with Gasteiger partial charge in [-0.3, -0.25) is 0 Å². The van der Waals surface area contributed by atoms with E-state index in [0.29, 0.717) is 0 Å². The number of carboxylic acid groups (broad SMARTS) is 1. The fourth-order valence-electron chi connectivity index (χ4n) is 1.21. The molecule has 82 valence electrons. The second-order valence-electron chi connectivity index (χ2n) is 3.29. The molecule has 0 aliphatic rings. The van der Waals surface area contributed by atoms with Crippen LogP contribution in [0.2, 0.25) is 0 Å². The molecule has 0 aliphatic heterocycles. The number of hydrogen-bond acceptors (Lipinski definition) is 3. The predicted molar refractivity (Wildman–Crippen MR) is 60.8 cm³/mol. The molecule has 6 heteroatoms. The van der Waals surface area contributed by atoms with E-state index in [1.807, 2.05) is 25.1 Å². The van der Waals surface area contributed by atoms with Crippen LogP contribution in [0.5, 0.6) is 0 Å². The second kappa shape index (κ2) is 4.05. The highest BCUT2D eigenvalue weighted by atomic mass is 79.9. The zero-order valence-electron chi connectivity index (χ0n) is 8.38.